The van der Waals surface area contributed by atoms with E-state index < -0.39 is 0 Å². The molecule has 0 amide bonds. The minimum Gasteiger partial charge on any atom is -0.282 e. The third-order valence-corrected chi connectivity index (χ3v) is 7.46. The van der Waals surface area contributed by atoms with Crippen LogP contribution in [-0.4, -0.2) is 23.5 Å². The van der Waals surface area contributed by atoms with Gasteiger partial charge < -0.3 is 0 Å². The van der Waals surface area contributed by atoms with Crippen molar-refractivity contribution in [3.8, 4) is 0 Å². The first-order chi connectivity index (χ1) is 14.4. The Hall–Kier alpha value is -1.96. The van der Waals surface area contributed by atoms with Crippen molar-refractivity contribution in [3.05, 3.63) is 59.7 Å². The fourth-order valence-electron chi connectivity index (χ4n) is 6.00. The van der Waals surface area contributed by atoms with Crippen LogP contribution in [0, 0.1) is 5.92 Å². The Bertz CT molecular complexity index is 851. The summed E-state index contributed by atoms with van der Waals surface area (Å²) >= 11 is 0. The molecule has 1 heterocycles. The van der Waals surface area contributed by atoms with Gasteiger partial charge in [0, 0.05) is 11.5 Å². The Morgan fingerprint density at radius 1 is 0.552 bits per heavy atom. The molecule has 0 N–H and O–H groups in total. The molecule has 2 saturated carbocycles. The second kappa shape index (κ2) is 8.81. The van der Waals surface area contributed by atoms with Crippen LogP contribution in [0.15, 0.2) is 58.5 Å². The minimum atomic E-state index is 0.401. The van der Waals surface area contributed by atoms with Crippen LogP contribution in [0.3, 0.4) is 0 Å². The molecule has 3 aliphatic carbocycles. The predicted molar refractivity (Wildman–Crippen MR) is 123 cm³/mol. The molecule has 2 nitrogen and oxygen atoms in total. The Labute approximate surface area is 175 Å². The summed E-state index contributed by atoms with van der Waals surface area (Å²) in [4.78, 5) is 10.9. The summed E-state index contributed by atoms with van der Waals surface area (Å²) in [5.74, 6) is 1.17. The number of hydrogen-bond acceptors (Lipinski definition) is 2. The van der Waals surface area contributed by atoms with Gasteiger partial charge in [-0.3, -0.25) is 9.98 Å². The van der Waals surface area contributed by atoms with Gasteiger partial charge in [0.15, 0.2) is 0 Å². The van der Waals surface area contributed by atoms with E-state index in [1.54, 1.807) is 0 Å². The van der Waals surface area contributed by atoms with Crippen molar-refractivity contribution in [2.45, 2.75) is 88.6 Å². The Balaban J connectivity index is 1.69. The van der Waals surface area contributed by atoms with Crippen LogP contribution < -0.4 is 0 Å². The molecule has 0 radical (unpaired) electrons. The summed E-state index contributed by atoms with van der Waals surface area (Å²) in [5, 5.41) is 0. The molecule has 1 aromatic rings. The number of rotatable bonds is 0. The predicted octanol–water partition coefficient (Wildman–Crippen LogP) is 6.82. The maximum atomic E-state index is 5.49. The summed E-state index contributed by atoms with van der Waals surface area (Å²) in [6.45, 7) is 0. The number of aliphatic imine (C=N–C) groups is 2. The molecule has 0 aromatic heterocycles. The third kappa shape index (κ3) is 3.91. The highest BCUT2D eigenvalue weighted by atomic mass is 15.0. The van der Waals surface area contributed by atoms with Crippen molar-refractivity contribution in [1.82, 2.24) is 0 Å². The molecule has 4 aliphatic rings. The maximum absolute atomic E-state index is 5.49. The largest absolute Gasteiger partial charge is 0.282 e. The second-order valence-electron chi connectivity index (χ2n) is 9.33. The van der Waals surface area contributed by atoms with E-state index in [0.29, 0.717) is 23.9 Å². The van der Waals surface area contributed by atoms with E-state index in [1.807, 2.05) is 0 Å². The monoisotopic (exact) mass is 386 g/mol. The molecule has 152 valence electrons. The lowest BCUT2D eigenvalue weighted by Gasteiger charge is -2.40. The lowest BCUT2D eigenvalue weighted by atomic mass is 9.68. The molecular weight excluding hydrogens is 352 g/mol. The normalized spacial score (nSPS) is 31.0. The van der Waals surface area contributed by atoms with Crippen molar-refractivity contribution in [3.63, 3.8) is 0 Å². The third-order valence-electron chi connectivity index (χ3n) is 7.46. The molecule has 0 saturated heterocycles. The molecule has 2 fully saturated rings. The van der Waals surface area contributed by atoms with Crippen LogP contribution in [0.5, 0.6) is 0 Å². The standard InChI is InChI=1S/C27H34N2/c1-2-4-10-16-22-20(14-8-3-1)21-15-9-5-6-11-17-23(21)27-26(22)28-24-18-12-7-13-19-25(24)29-27/h1-4,8,10,14,16,21,23-25H,5-7,9,11-13,15,17-19H2. The summed E-state index contributed by atoms with van der Waals surface area (Å²) < 4.78 is 0. The van der Waals surface area contributed by atoms with Crippen LogP contribution in [-0.2, 0) is 0 Å². The highest BCUT2D eigenvalue weighted by Crippen LogP contribution is 2.44. The summed E-state index contributed by atoms with van der Waals surface area (Å²) in [6.07, 6.45) is 14.4. The Morgan fingerprint density at radius 3 is 1.93 bits per heavy atom. The molecule has 1 aliphatic heterocycles. The van der Waals surface area contributed by atoms with Gasteiger partial charge in [-0.2, -0.15) is 0 Å². The zero-order valence-corrected chi connectivity index (χ0v) is 17.6. The quantitative estimate of drug-likeness (QED) is 0.467. The molecule has 0 spiro atoms. The fraction of sp³-hybridized carbons (Fsp3) is 0.556. The highest BCUT2D eigenvalue weighted by Gasteiger charge is 2.41. The SMILES string of the molecule is c1ccccc2c(ccc1)C1=NC3CCCCCC3N=C1C1CCCCCCC21. The maximum Gasteiger partial charge on any atom is 0.0867 e. The van der Waals surface area contributed by atoms with Crippen LogP contribution >= 0.6 is 0 Å². The highest BCUT2D eigenvalue weighted by molar-refractivity contribution is 6.50. The van der Waals surface area contributed by atoms with Gasteiger partial charge in [0.05, 0.1) is 23.5 Å². The minimum absolute atomic E-state index is 0.401. The molecule has 2 heteroatoms. The fourth-order valence-corrected chi connectivity index (χ4v) is 6.00. The van der Waals surface area contributed by atoms with Gasteiger partial charge in [-0.15, -0.1) is 0 Å². The molecular formula is C27H34N2. The molecule has 4 unspecified atom stereocenters. The second-order valence-corrected chi connectivity index (χ2v) is 9.33. The van der Waals surface area contributed by atoms with Gasteiger partial charge in [-0.25, -0.2) is 0 Å². The Morgan fingerprint density at radius 2 is 1.14 bits per heavy atom. The van der Waals surface area contributed by atoms with Crippen molar-refractivity contribution < 1.29 is 0 Å². The topological polar surface area (TPSA) is 24.7 Å². The first-order valence-corrected chi connectivity index (χ1v) is 12.0. The van der Waals surface area contributed by atoms with Gasteiger partial charge >= 0.3 is 0 Å². The first-order valence-electron chi connectivity index (χ1n) is 12.0. The van der Waals surface area contributed by atoms with E-state index in [1.165, 1.54) is 93.2 Å². The zero-order valence-electron chi connectivity index (χ0n) is 17.6. The number of fused-ring (bicyclic) bond motifs is 7. The molecule has 5 rings (SSSR count). The zero-order chi connectivity index (χ0) is 19.5. The average molecular weight is 387 g/mol. The van der Waals surface area contributed by atoms with E-state index >= 15 is 0 Å². The van der Waals surface area contributed by atoms with Gasteiger partial charge in [0.1, 0.15) is 0 Å². The molecule has 1 aromatic carbocycles. The van der Waals surface area contributed by atoms with Crippen molar-refractivity contribution in [2.75, 3.05) is 0 Å². The van der Waals surface area contributed by atoms with E-state index in [4.69, 9.17) is 9.98 Å². The first kappa shape index (κ1) is 19.0. The molecule has 4 atom stereocenters. The lowest BCUT2D eigenvalue weighted by Crippen LogP contribution is -2.42. The van der Waals surface area contributed by atoms with E-state index in [0.717, 1.165) is 0 Å². The summed E-state index contributed by atoms with van der Waals surface area (Å²) in [7, 11) is 0. The van der Waals surface area contributed by atoms with E-state index in [2.05, 4.69) is 48.5 Å². The number of hydrogen-bond donors (Lipinski definition) is 0. The summed E-state index contributed by atoms with van der Waals surface area (Å²) in [6, 6.07) is 18.5. The van der Waals surface area contributed by atoms with Crippen LogP contribution in [0.4, 0.5) is 0 Å². The lowest BCUT2D eigenvalue weighted by molar-refractivity contribution is 0.393. The molecule has 0 bridgehead atoms. The Kier molecular flexibility index (Phi) is 5.78. The van der Waals surface area contributed by atoms with Gasteiger partial charge in [0.25, 0.3) is 0 Å². The van der Waals surface area contributed by atoms with Crippen molar-refractivity contribution >= 4 is 11.4 Å². The van der Waals surface area contributed by atoms with Crippen LogP contribution in [0.2, 0.25) is 0 Å². The van der Waals surface area contributed by atoms with Crippen molar-refractivity contribution in [2.24, 2.45) is 15.9 Å². The van der Waals surface area contributed by atoms with Gasteiger partial charge in [-0.1, -0.05) is 93.5 Å². The van der Waals surface area contributed by atoms with Crippen molar-refractivity contribution in [1.29, 1.82) is 0 Å². The van der Waals surface area contributed by atoms with E-state index in [-0.39, 0.29) is 0 Å². The van der Waals surface area contributed by atoms with Gasteiger partial charge in [-0.05, 0) is 37.2 Å². The van der Waals surface area contributed by atoms with Crippen LogP contribution in [0.25, 0.3) is 0 Å². The number of nitrogens with zero attached hydrogens (tertiary/aromatic N) is 2. The van der Waals surface area contributed by atoms with Gasteiger partial charge in [0.2, 0.25) is 0 Å². The van der Waals surface area contributed by atoms with Crippen LogP contribution in [0.1, 0.15) is 87.7 Å². The molecule has 29 heavy (non-hydrogen) atoms. The summed E-state index contributed by atoms with van der Waals surface area (Å²) in [5.41, 5.74) is 5.47. The smallest absolute Gasteiger partial charge is 0.0867 e. The van der Waals surface area contributed by atoms with E-state index in [9.17, 15) is 0 Å². The average Bonchev–Trinajstić information content (AvgIpc) is 2.95.